The van der Waals surface area contributed by atoms with Gasteiger partial charge in [-0.15, -0.1) is 0 Å². The van der Waals surface area contributed by atoms with E-state index in [4.69, 9.17) is 4.74 Å². The average Bonchev–Trinajstić information content (AvgIpc) is 2.65. The number of hydrogen-bond acceptors (Lipinski definition) is 2. The number of nitrogens with one attached hydrogen (secondary N) is 1. The molecule has 0 radical (unpaired) electrons. The standard InChI is InChI=1S/C21H28N2O2/c1-16(9-10-18-7-5-4-6-8-18)23-21(24)17(2)22-15-19-11-13-20(25-3)14-12-19/h4-8,11-14,16-17,22H,9-10,15H2,1-3H3,(H,23,24)/p+1/t16-,17+/m0/s1. The fourth-order valence-corrected chi connectivity index (χ4v) is 2.66. The van der Waals surface area contributed by atoms with Crippen LogP contribution in [0, 0.1) is 0 Å². The number of rotatable bonds is 9. The first kappa shape index (κ1) is 19.0. The summed E-state index contributed by atoms with van der Waals surface area (Å²) in [7, 11) is 1.66. The average molecular weight is 341 g/mol. The van der Waals surface area contributed by atoms with E-state index in [-0.39, 0.29) is 18.0 Å². The molecule has 0 saturated heterocycles. The first-order valence-corrected chi connectivity index (χ1v) is 8.89. The Morgan fingerprint density at radius 3 is 2.36 bits per heavy atom. The molecular weight excluding hydrogens is 312 g/mol. The lowest BCUT2D eigenvalue weighted by Crippen LogP contribution is -2.90. The van der Waals surface area contributed by atoms with E-state index in [0.717, 1.165) is 25.1 Å². The normalized spacial score (nSPS) is 13.1. The van der Waals surface area contributed by atoms with Crippen LogP contribution in [0.2, 0.25) is 0 Å². The molecule has 0 heterocycles. The second kappa shape index (κ2) is 9.84. The summed E-state index contributed by atoms with van der Waals surface area (Å²) in [5.41, 5.74) is 2.49. The maximum absolute atomic E-state index is 12.3. The van der Waals surface area contributed by atoms with Gasteiger partial charge in [0.25, 0.3) is 5.91 Å². The van der Waals surface area contributed by atoms with Crippen molar-refractivity contribution in [2.75, 3.05) is 7.11 Å². The lowest BCUT2D eigenvalue weighted by molar-refractivity contribution is -0.689. The van der Waals surface area contributed by atoms with Gasteiger partial charge in [-0.3, -0.25) is 4.79 Å². The zero-order chi connectivity index (χ0) is 18.1. The molecule has 1 amide bonds. The van der Waals surface area contributed by atoms with E-state index in [9.17, 15) is 4.79 Å². The van der Waals surface area contributed by atoms with Gasteiger partial charge in [-0.2, -0.15) is 0 Å². The summed E-state index contributed by atoms with van der Waals surface area (Å²) in [5, 5.41) is 5.17. The lowest BCUT2D eigenvalue weighted by Gasteiger charge is -2.17. The van der Waals surface area contributed by atoms with Crippen LogP contribution in [0.4, 0.5) is 0 Å². The Bertz CT molecular complexity index is 641. The molecule has 25 heavy (non-hydrogen) atoms. The topological polar surface area (TPSA) is 54.9 Å². The number of methoxy groups -OCH3 is 1. The molecule has 134 valence electrons. The largest absolute Gasteiger partial charge is 0.497 e. The van der Waals surface area contributed by atoms with Crippen molar-refractivity contribution in [1.29, 1.82) is 0 Å². The van der Waals surface area contributed by atoms with Crippen molar-refractivity contribution in [1.82, 2.24) is 5.32 Å². The SMILES string of the molecule is COc1ccc(C[NH2+][C@H](C)C(=O)N[C@@H](C)CCc2ccccc2)cc1. The van der Waals surface area contributed by atoms with Crippen LogP contribution in [0.3, 0.4) is 0 Å². The number of aryl methyl sites for hydroxylation is 1. The molecule has 0 spiro atoms. The molecule has 0 saturated carbocycles. The zero-order valence-corrected chi connectivity index (χ0v) is 15.4. The number of ether oxygens (including phenoxy) is 1. The number of amides is 1. The molecule has 2 aromatic carbocycles. The second-order valence-electron chi connectivity index (χ2n) is 6.51. The molecule has 2 aromatic rings. The van der Waals surface area contributed by atoms with Crippen LogP contribution in [0.15, 0.2) is 54.6 Å². The van der Waals surface area contributed by atoms with Gasteiger partial charge in [-0.1, -0.05) is 30.3 Å². The van der Waals surface area contributed by atoms with Crippen molar-refractivity contribution in [2.45, 2.75) is 45.3 Å². The molecule has 0 fully saturated rings. The van der Waals surface area contributed by atoms with Gasteiger partial charge in [0.2, 0.25) is 0 Å². The summed E-state index contributed by atoms with van der Waals surface area (Å²) in [6, 6.07) is 18.4. The smallest absolute Gasteiger partial charge is 0.278 e. The number of carbonyl (C=O) groups is 1. The first-order valence-electron chi connectivity index (χ1n) is 8.89. The third kappa shape index (κ3) is 6.59. The Morgan fingerprint density at radius 1 is 1.04 bits per heavy atom. The van der Waals surface area contributed by atoms with Gasteiger partial charge in [-0.05, 0) is 56.5 Å². The highest BCUT2D eigenvalue weighted by Gasteiger charge is 2.17. The highest BCUT2D eigenvalue weighted by Crippen LogP contribution is 2.10. The van der Waals surface area contributed by atoms with Crippen LogP contribution in [0.1, 0.15) is 31.4 Å². The monoisotopic (exact) mass is 341 g/mol. The summed E-state index contributed by atoms with van der Waals surface area (Å²) in [5.74, 6) is 0.941. The quantitative estimate of drug-likeness (QED) is 0.735. The highest BCUT2D eigenvalue weighted by atomic mass is 16.5. The minimum absolute atomic E-state index is 0.0917. The third-order valence-electron chi connectivity index (χ3n) is 4.38. The van der Waals surface area contributed by atoms with Gasteiger partial charge >= 0.3 is 0 Å². The maximum atomic E-state index is 12.3. The summed E-state index contributed by atoms with van der Waals surface area (Å²) < 4.78 is 5.16. The molecule has 2 rings (SSSR count). The zero-order valence-electron chi connectivity index (χ0n) is 15.4. The fourth-order valence-electron chi connectivity index (χ4n) is 2.66. The second-order valence-corrected chi connectivity index (χ2v) is 6.51. The van der Waals surface area contributed by atoms with Crippen LogP contribution < -0.4 is 15.4 Å². The van der Waals surface area contributed by atoms with Crippen molar-refractivity contribution in [3.8, 4) is 5.75 Å². The van der Waals surface area contributed by atoms with E-state index in [0.29, 0.717) is 0 Å². The van der Waals surface area contributed by atoms with Crippen LogP contribution in [-0.4, -0.2) is 25.1 Å². The lowest BCUT2D eigenvalue weighted by atomic mass is 10.1. The predicted octanol–water partition coefficient (Wildman–Crippen LogP) is 2.28. The first-order chi connectivity index (χ1) is 12.1. The Kier molecular flexibility index (Phi) is 7.48. The van der Waals surface area contributed by atoms with Gasteiger partial charge in [0.05, 0.1) is 7.11 Å². The number of nitrogens with two attached hydrogens (primary N) is 1. The number of carbonyl (C=O) groups excluding carboxylic acids is 1. The predicted molar refractivity (Wildman–Crippen MR) is 100 cm³/mol. The van der Waals surface area contributed by atoms with E-state index in [1.807, 2.05) is 37.3 Å². The Morgan fingerprint density at radius 2 is 1.72 bits per heavy atom. The maximum Gasteiger partial charge on any atom is 0.278 e. The molecule has 0 aliphatic rings. The summed E-state index contributed by atoms with van der Waals surface area (Å²) in [4.78, 5) is 12.3. The van der Waals surface area contributed by atoms with Crippen LogP contribution in [0.5, 0.6) is 5.75 Å². The highest BCUT2D eigenvalue weighted by molar-refractivity contribution is 5.80. The number of hydrogen-bond donors (Lipinski definition) is 2. The Balaban J connectivity index is 1.71. The van der Waals surface area contributed by atoms with Gasteiger partial charge < -0.3 is 15.4 Å². The van der Waals surface area contributed by atoms with Crippen molar-refractivity contribution in [3.63, 3.8) is 0 Å². The van der Waals surface area contributed by atoms with Crippen LogP contribution >= 0.6 is 0 Å². The molecule has 0 unspecified atom stereocenters. The van der Waals surface area contributed by atoms with Gasteiger partial charge in [-0.25, -0.2) is 0 Å². The molecule has 3 N–H and O–H groups in total. The van der Waals surface area contributed by atoms with E-state index >= 15 is 0 Å². The third-order valence-corrected chi connectivity index (χ3v) is 4.38. The van der Waals surface area contributed by atoms with Crippen LogP contribution in [-0.2, 0) is 17.8 Å². The minimum atomic E-state index is -0.110. The summed E-state index contributed by atoms with van der Waals surface area (Å²) in [6.45, 7) is 4.79. The molecule has 2 atom stereocenters. The Labute approximate surface area is 150 Å². The molecule has 4 heteroatoms. The molecule has 0 aromatic heterocycles. The number of quaternary nitrogens is 1. The van der Waals surface area contributed by atoms with E-state index in [1.165, 1.54) is 11.1 Å². The minimum Gasteiger partial charge on any atom is -0.497 e. The van der Waals surface area contributed by atoms with E-state index in [2.05, 4.69) is 41.8 Å². The summed E-state index contributed by atoms with van der Waals surface area (Å²) >= 11 is 0. The van der Waals surface area contributed by atoms with Crippen molar-refractivity contribution >= 4 is 5.91 Å². The molecule has 4 nitrogen and oxygen atoms in total. The van der Waals surface area contributed by atoms with Crippen molar-refractivity contribution < 1.29 is 14.8 Å². The van der Waals surface area contributed by atoms with Gasteiger partial charge in [0.15, 0.2) is 6.04 Å². The van der Waals surface area contributed by atoms with Crippen LogP contribution in [0.25, 0.3) is 0 Å². The Hall–Kier alpha value is -2.33. The molecule has 0 aliphatic carbocycles. The fraction of sp³-hybridized carbons (Fsp3) is 0.381. The van der Waals surface area contributed by atoms with E-state index < -0.39 is 0 Å². The summed E-state index contributed by atoms with van der Waals surface area (Å²) in [6.07, 6.45) is 1.92. The van der Waals surface area contributed by atoms with Gasteiger partial charge in [0.1, 0.15) is 12.3 Å². The van der Waals surface area contributed by atoms with Crippen molar-refractivity contribution in [2.24, 2.45) is 0 Å². The number of benzene rings is 2. The van der Waals surface area contributed by atoms with E-state index in [1.54, 1.807) is 7.11 Å². The molecule has 0 aliphatic heterocycles. The molecule has 0 bridgehead atoms. The van der Waals surface area contributed by atoms with Crippen molar-refractivity contribution in [3.05, 3.63) is 65.7 Å². The molecular formula is C21H29N2O2+. The van der Waals surface area contributed by atoms with Gasteiger partial charge in [0, 0.05) is 11.6 Å².